The maximum atomic E-state index is 12.8. The number of fused-ring (bicyclic) bond motifs is 1. The maximum Gasteiger partial charge on any atom is 0.416 e. The Balaban J connectivity index is 1.68. The normalized spacial score (nSPS) is 14.0. The zero-order valence-corrected chi connectivity index (χ0v) is 14.7. The molecule has 0 N–H and O–H groups in total. The lowest BCUT2D eigenvalue weighted by Gasteiger charge is -2.15. The number of amides is 1. The highest BCUT2D eigenvalue weighted by Crippen LogP contribution is 2.30. The van der Waals surface area contributed by atoms with Crippen LogP contribution >= 0.6 is 0 Å². The van der Waals surface area contributed by atoms with Crippen LogP contribution in [0.4, 0.5) is 13.2 Å². The minimum absolute atomic E-state index is 0.0653. The number of carbonyl (C=O) groups is 1. The summed E-state index contributed by atoms with van der Waals surface area (Å²) in [5.74, 6) is 0.978. The molecule has 26 heavy (non-hydrogen) atoms. The van der Waals surface area contributed by atoms with Crippen LogP contribution < -0.4 is 0 Å². The van der Waals surface area contributed by atoms with Gasteiger partial charge in [0.2, 0.25) is 5.91 Å². The monoisotopic (exact) mass is 363 g/mol. The van der Waals surface area contributed by atoms with Crippen LogP contribution in [0.25, 0.3) is 0 Å². The number of aromatic nitrogens is 2. The lowest BCUT2D eigenvalue weighted by atomic mass is 10.1. The van der Waals surface area contributed by atoms with Crippen LogP contribution in [-0.4, -0.2) is 20.8 Å². The Morgan fingerprint density at radius 3 is 2.73 bits per heavy atom. The van der Waals surface area contributed by atoms with Gasteiger partial charge in [-0.3, -0.25) is 4.79 Å². The topological polar surface area (TPSA) is 46.1 Å². The third-order valence-electron chi connectivity index (χ3n) is 4.26. The van der Waals surface area contributed by atoms with E-state index < -0.39 is 11.7 Å². The Morgan fingerprint density at radius 2 is 2.04 bits per heavy atom. The van der Waals surface area contributed by atoms with E-state index >= 15 is 0 Å². The minimum atomic E-state index is -4.41. The van der Waals surface area contributed by atoms with E-state index in [9.17, 15) is 18.0 Å². The number of carbonyl (C=O) groups excluding carboxylic acids is 1. The Labute approximate surface area is 150 Å². The van der Waals surface area contributed by atoms with E-state index in [1.807, 2.05) is 0 Å². The molecule has 0 spiro atoms. The molecule has 0 atom stereocenters. The van der Waals surface area contributed by atoms with E-state index in [0.717, 1.165) is 35.6 Å². The molecule has 1 aliphatic heterocycles. The van der Waals surface area contributed by atoms with Gasteiger partial charge in [-0.2, -0.15) is 13.2 Å². The fourth-order valence-corrected chi connectivity index (χ4v) is 2.98. The van der Waals surface area contributed by atoms with E-state index in [4.69, 9.17) is 0 Å². The summed E-state index contributed by atoms with van der Waals surface area (Å²) in [6.45, 7) is 4.94. The van der Waals surface area contributed by atoms with Crippen LogP contribution in [0.1, 0.15) is 42.1 Å². The minimum Gasteiger partial charge on any atom is -0.332 e. The molecular formula is C19H20F3N3O. The van der Waals surface area contributed by atoms with Crippen molar-refractivity contribution in [1.29, 1.82) is 0 Å². The van der Waals surface area contributed by atoms with Crippen molar-refractivity contribution in [2.75, 3.05) is 0 Å². The lowest BCUT2D eigenvalue weighted by Crippen LogP contribution is -2.27. The van der Waals surface area contributed by atoms with Crippen LogP contribution in [0.15, 0.2) is 30.5 Å². The molecule has 0 saturated carbocycles. The summed E-state index contributed by atoms with van der Waals surface area (Å²) in [7, 11) is 0. The maximum absolute atomic E-state index is 12.8. The van der Waals surface area contributed by atoms with Gasteiger partial charge in [0, 0.05) is 24.7 Å². The van der Waals surface area contributed by atoms with Crippen molar-refractivity contribution in [2.45, 2.75) is 46.0 Å². The molecule has 2 aromatic rings. The summed E-state index contributed by atoms with van der Waals surface area (Å²) in [5, 5.41) is 0. The smallest absolute Gasteiger partial charge is 0.332 e. The largest absolute Gasteiger partial charge is 0.416 e. The lowest BCUT2D eigenvalue weighted by molar-refractivity contribution is -0.138. The number of rotatable bonds is 4. The Morgan fingerprint density at radius 1 is 1.27 bits per heavy atom. The van der Waals surface area contributed by atoms with E-state index in [1.165, 1.54) is 12.1 Å². The first-order valence-electron chi connectivity index (χ1n) is 8.50. The molecule has 138 valence electrons. The van der Waals surface area contributed by atoms with E-state index in [1.54, 1.807) is 11.1 Å². The van der Waals surface area contributed by atoms with Gasteiger partial charge < -0.3 is 4.90 Å². The molecule has 1 aliphatic rings. The van der Waals surface area contributed by atoms with Gasteiger partial charge in [0.25, 0.3) is 0 Å². The molecule has 4 nitrogen and oxygen atoms in total. The standard InChI is InChI=1S/C19H20F3N3O/c1-12(2)6-17-23-9-14-10-25(11-16(14)24-17)18(26)8-13-4-3-5-15(7-13)19(20,21)22/h3-5,7,9,12H,6,8,10-11H2,1-2H3. The molecular weight excluding hydrogens is 343 g/mol. The predicted molar refractivity (Wildman–Crippen MR) is 90.0 cm³/mol. The average Bonchev–Trinajstić information content (AvgIpc) is 2.97. The third-order valence-corrected chi connectivity index (χ3v) is 4.26. The second kappa shape index (κ2) is 7.05. The molecule has 0 unspecified atom stereocenters. The summed E-state index contributed by atoms with van der Waals surface area (Å²) in [6, 6.07) is 4.90. The molecule has 0 radical (unpaired) electrons. The quantitative estimate of drug-likeness (QED) is 0.831. The summed E-state index contributed by atoms with van der Waals surface area (Å²) in [4.78, 5) is 23.0. The Bertz CT molecular complexity index is 818. The molecule has 1 aromatic heterocycles. The molecule has 1 amide bonds. The summed E-state index contributed by atoms with van der Waals surface area (Å²) in [6.07, 6.45) is -1.96. The van der Waals surface area contributed by atoms with Crippen LogP contribution in [0.5, 0.6) is 0 Å². The molecule has 0 fully saturated rings. The van der Waals surface area contributed by atoms with Gasteiger partial charge in [0.05, 0.1) is 24.2 Å². The van der Waals surface area contributed by atoms with Crippen LogP contribution in [0, 0.1) is 5.92 Å². The number of halogens is 3. The highest BCUT2D eigenvalue weighted by atomic mass is 19.4. The number of benzene rings is 1. The Hall–Kier alpha value is -2.44. The second-order valence-corrected chi connectivity index (χ2v) is 6.98. The van der Waals surface area contributed by atoms with Crippen LogP contribution in [-0.2, 0) is 36.9 Å². The van der Waals surface area contributed by atoms with Gasteiger partial charge in [-0.15, -0.1) is 0 Å². The van der Waals surface area contributed by atoms with Crippen molar-refractivity contribution in [3.05, 3.63) is 58.7 Å². The highest BCUT2D eigenvalue weighted by Gasteiger charge is 2.31. The van der Waals surface area contributed by atoms with Crippen molar-refractivity contribution in [2.24, 2.45) is 5.92 Å². The van der Waals surface area contributed by atoms with E-state index in [2.05, 4.69) is 23.8 Å². The predicted octanol–water partition coefficient (Wildman–Crippen LogP) is 3.78. The molecule has 7 heteroatoms. The molecule has 1 aromatic carbocycles. The molecule has 0 saturated heterocycles. The number of alkyl halides is 3. The van der Waals surface area contributed by atoms with Crippen molar-refractivity contribution >= 4 is 5.91 Å². The van der Waals surface area contributed by atoms with E-state index in [-0.39, 0.29) is 12.3 Å². The second-order valence-electron chi connectivity index (χ2n) is 6.98. The molecule has 0 bridgehead atoms. The Kier molecular flexibility index (Phi) is 4.98. The average molecular weight is 363 g/mol. The van der Waals surface area contributed by atoms with Gasteiger partial charge in [-0.05, 0) is 17.5 Å². The molecule has 3 rings (SSSR count). The first-order chi connectivity index (χ1) is 12.2. The zero-order valence-electron chi connectivity index (χ0n) is 14.7. The van der Waals surface area contributed by atoms with Gasteiger partial charge in [-0.1, -0.05) is 32.0 Å². The first-order valence-corrected chi connectivity index (χ1v) is 8.50. The van der Waals surface area contributed by atoms with Gasteiger partial charge in [0.15, 0.2) is 0 Å². The van der Waals surface area contributed by atoms with Crippen molar-refractivity contribution < 1.29 is 18.0 Å². The van der Waals surface area contributed by atoms with Crippen molar-refractivity contribution in [3.8, 4) is 0 Å². The van der Waals surface area contributed by atoms with Gasteiger partial charge in [0.1, 0.15) is 5.82 Å². The number of nitrogens with zero attached hydrogens (tertiary/aromatic N) is 3. The fourth-order valence-electron chi connectivity index (χ4n) is 2.98. The summed E-state index contributed by atoms with van der Waals surface area (Å²) < 4.78 is 38.4. The van der Waals surface area contributed by atoms with Gasteiger partial charge >= 0.3 is 6.18 Å². The first kappa shape index (κ1) is 18.4. The number of hydrogen-bond donors (Lipinski definition) is 0. The highest BCUT2D eigenvalue weighted by molar-refractivity contribution is 5.79. The van der Waals surface area contributed by atoms with Gasteiger partial charge in [-0.25, -0.2) is 9.97 Å². The van der Waals surface area contributed by atoms with E-state index in [0.29, 0.717) is 24.6 Å². The van der Waals surface area contributed by atoms with Crippen LogP contribution in [0.3, 0.4) is 0 Å². The molecule has 2 heterocycles. The number of hydrogen-bond acceptors (Lipinski definition) is 3. The molecule has 0 aliphatic carbocycles. The summed E-state index contributed by atoms with van der Waals surface area (Å²) in [5.41, 5.74) is 1.34. The van der Waals surface area contributed by atoms with Crippen LogP contribution in [0.2, 0.25) is 0 Å². The van der Waals surface area contributed by atoms with Crippen molar-refractivity contribution in [3.63, 3.8) is 0 Å². The SMILES string of the molecule is CC(C)Cc1ncc2c(n1)CN(C(=O)Cc1cccc(C(F)(F)F)c1)C2. The van der Waals surface area contributed by atoms with Crippen molar-refractivity contribution in [1.82, 2.24) is 14.9 Å². The zero-order chi connectivity index (χ0) is 18.9. The summed E-state index contributed by atoms with van der Waals surface area (Å²) >= 11 is 0. The fraction of sp³-hybridized carbons (Fsp3) is 0.421. The third kappa shape index (κ3) is 4.20.